The first kappa shape index (κ1) is 17.6. The number of hydrogen-bond donors (Lipinski definition) is 1. The number of nitrogens with one attached hydrogen (secondary N) is 1. The summed E-state index contributed by atoms with van der Waals surface area (Å²) < 4.78 is 0. The lowest BCUT2D eigenvalue weighted by atomic mass is 10.0. The summed E-state index contributed by atoms with van der Waals surface area (Å²) in [7, 11) is 0. The van der Waals surface area contributed by atoms with Gasteiger partial charge in [0, 0.05) is 17.4 Å². The first-order valence-corrected chi connectivity index (χ1v) is 7.72. The van der Waals surface area contributed by atoms with Crippen LogP contribution in [0.4, 0.5) is 0 Å². The third-order valence-corrected chi connectivity index (χ3v) is 4.02. The monoisotopic (exact) mass is 370 g/mol. The van der Waals surface area contributed by atoms with E-state index < -0.39 is 24.3 Å². The summed E-state index contributed by atoms with van der Waals surface area (Å²) in [5.41, 5.74) is 0.670. The fraction of sp³-hybridized carbons (Fsp3) is 0.125. The Labute approximate surface area is 148 Å². The van der Waals surface area contributed by atoms with E-state index in [1.165, 1.54) is 12.1 Å². The molecule has 0 aliphatic heterocycles. The molecule has 0 aliphatic rings. The summed E-state index contributed by atoms with van der Waals surface area (Å²) in [4.78, 5) is 23.4. The van der Waals surface area contributed by atoms with Gasteiger partial charge in [0.15, 0.2) is 0 Å². The Balaban J connectivity index is 2.29. The van der Waals surface area contributed by atoms with Crippen LogP contribution in [0.15, 0.2) is 42.5 Å². The van der Waals surface area contributed by atoms with Crippen LogP contribution in [0.3, 0.4) is 0 Å². The van der Waals surface area contributed by atoms with E-state index in [2.05, 4.69) is 5.32 Å². The number of aliphatic carboxylic acids is 1. The molecule has 0 heterocycles. The van der Waals surface area contributed by atoms with Crippen molar-refractivity contribution in [3.63, 3.8) is 0 Å². The van der Waals surface area contributed by atoms with Crippen LogP contribution in [0, 0.1) is 0 Å². The smallest absolute Gasteiger partial charge is 0.254 e. The third kappa shape index (κ3) is 4.61. The molecular weight excluding hydrogens is 361 g/mol. The van der Waals surface area contributed by atoms with E-state index in [9.17, 15) is 14.7 Å². The predicted octanol–water partition coefficient (Wildman–Crippen LogP) is 3.26. The Kier molecular flexibility index (Phi) is 5.88. The Morgan fingerprint density at radius 3 is 2.09 bits per heavy atom. The van der Waals surface area contributed by atoms with Crippen molar-refractivity contribution < 1.29 is 14.7 Å². The van der Waals surface area contributed by atoms with E-state index in [4.69, 9.17) is 34.8 Å². The minimum Gasteiger partial charge on any atom is -0.550 e. The molecule has 2 aromatic carbocycles. The molecule has 4 nitrogen and oxygen atoms in total. The quantitative estimate of drug-likeness (QED) is 0.877. The normalized spacial score (nSPS) is 11.8. The van der Waals surface area contributed by atoms with Crippen molar-refractivity contribution in [2.24, 2.45) is 0 Å². The third-order valence-electron chi connectivity index (χ3n) is 3.14. The van der Waals surface area contributed by atoms with Crippen LogP contribution >= 0.6 is 34.8 Å². The zero-order valence-electron chi connectivity index (χ0n) is 11.7. The number of hydrogen-bond acceptors (Lipinski definition) is 3. The highest BCUT2D eigenvalue weighted by molar-refractivity contribution is 6.39. The molecule has 120 valence electrons. The highest BCUT2D eigenvalue weighted by atomic mass is 35.5. The average molecular weight is 372 g/mol. The second kappa shape index (κ2) is 7.68. The minimum atomic E-state index is -1.30. The topological polar surface area (TPSA) is 69.2 Å². The van der Waals surface area contributed by atoms with Crippen molar-refractivity contribution in [1.29, 1.82) is 0 Å². The standard InChI is InChI=1S/C16H12Cl3NO3/c17-10-6-4-9(5-7-10)13(8-14(21)22)20-16(23)15-11(18)2-1-3-12(15)19/h1-7,13H,8H2,(H,20,23)(H,21,22)/p-1/t13-/m0/s1. The molecule has 0 aliphatic carbocycles. The number of carboxylic acids is 1. The summed E-state index contributed by atoms with van der Waals surface area (Å²) in [5.74, 6) is -1.86. The van der Waals surface area contributed by atoms with Gasteiger partial charge in [-0.3, -0.25) is 4.79 Å². The molecular formula is C16H11Cl3NO3-. The number of carbonyl (C=O) groups excluding carboxylic acids is 2. The fourth-order valence-electron chi connectivity index (χ4n) is 2.06. The molecule has 0 spiro atoms. The number of rotatable bonds is 5. The Morgan fingerprint density at radius 1 is 1.00 bits per heavy atom. The van der Waals surface area contributed by atoms with E-state index in [0.717, 1.165) is 0 Å². The predicted molar refractivity (Wildman–Crippen MR) is 87.7 cm³/mol. The molecule has 0 aromatic heterocycles. The van der Waals surface area contributed by atoms with Gasteiger partial charge in [-0.15, -0.1) is 0 Å². The van der Waals surface area contributed by atoms with E-state index >= 15 is 0 Å². The van der Waals surface area contributed by atoms with Crippen molar-refractivity contribution in [1.82, 2.24) is 5.32 Å². The molecule has 2 aromatic rings. The van der Waals surface area contributed by atoms with E-state index in [0.29, 0.717) is 10.6 Å². The Bertz CT molecular complexity index is 712. The summed E-state index contributed by atoms with van der Waals surface area (Å²) in [6.45, 7) is 0. The van der Waals surface area contributed by atoms with Crippen LogP contribution in [0.2, 0.25) is 15.1 Å². The van der Waals surface area contributed by atoms with Gasteiger partial charge in [0.25, 0.3) is 5.91 Å². The van der Waals surface area contributed by atoms with Crippen LogP contribution in [-0.2, 0) is 4.79 Å². The maximum Gasteiger partial charge on any atom is 0.254 e. The molecule has 1 amide bonds. The molecule has 1 N–H and O–H groups in total. The SMILES string of the molecule is O=C([O-])C[C@H](NC(=O)c1c(Cl)cccc1Cl)c1ccc(Cl)cc1. The van der Waals surface area contributed by atoms with Crippen LogP contribution in [0.5, 0.6) is 0 Å². The van der Waals surface area contributed by atoms with Crippen molar-refractivity contribution in [3.8, 4) is 0 Å². The van der Waals surface area contributed by atoms with Crippen LogP contribution < -0.4 is 10.4 Å². The maximum absolute atomic E-state index is 12.4. The van der Waals surface area contributed by atoms with Crippen LogP contribution in [-0.4, -0.2) is 11.9 Å². The Morgan fingerprint density at radius 2 is 1.57 bits per heavy atom. The molecule has 0 saturated heterocycles. The molecule has 0 unspecified atom stereocenters. The highest BCUT2D eigenvalue weighted by Gasteiger charge is 2.20. The van der Waals surface area contributed by atoms with E-state index in [1.807, 2.05) is 0 Å². The second-order valence-corrected chi connectivity index (χ2v) is 6.00. The molecule has 2 rings (SSSR count). The zero-order valence-corrected chi connectivity index (χ0v) is 14.0. The van der Waals surface area contributed by atoms with Crippen molar-refractivity contribution in [2.45, 2.75) is 12.5 Å². The van der Waals surface area contributed by atoms with Crippen molar-refractivity contribution in [2.75, 3.05) is 0 Å². The van der Waals surface area contributed by atoms with Gasteiger partial charge in [-0.05, 0) is 29.8 Å². The maximum atomic E-state index is 12.4. The first-order chi connectivity index (χ1) is 10.9. The molecule has 7 heteroatoms. The number of carboxylic acid groups (broad SMARTS) is 1. The Hall–Kier alpha value is -1.75. The fourth-order valence-corrected chi connectivity index (χ4v) is 2.75. The van der Waals surface area contributed by atoms with Gasteiger partial charge >= 0.3 is 0 Å². The van der Waals surface area contributed by atoms with Crippen LogP contribution in [0.25, 0.3) is 0 Å². The second-order valence-electron chi connectivity index (χ2n) is 4.75. The van der Waals surface area contributed by atoms with Crippen molar-refractivity contribution in [3.05, 3.63) is 68.7 Å². The van der Waals surface area contributed by atoms with Crippen LogP contribution in [0.1, 0.15) is 28.4 Å². The van der Waals surface area contributed by atoms with Crippen molar-refractivity contribution >= 4 is 46.7 Å². The van der Waals surface area contributed by atoms with Gasteiger partial charge in [0.1, 0.15) is 0 Å². The van der Waals surface area contributed by atoms with Gasteiger partial charge in [-0.2, -0.15) is 0 Å². The number of amides is 1. The summed E-state index contributed by atoms with van der Waals surface area (Å²) in [6, 6.07) is 10.3. The lowest BCUT2D eigenvalue weighted by molar-refractivity contribution is -0.306. The number of halogens is 3. The number of benzene rings is 2. The molecule has 1 atom stereocenters. The lowest BCUT2D eigenvalue weighted by Gasteiger charge is -2.20. The lowest BCUT2D eigenvalue weighted by Crippen LogP contribution is -2.34. The molecule has 0 saturated carbocycles. The minimum absolute atomic E-state index is 0.0909. The highest BCUT2D eigenvalue weighted by Crippen LogP contribution is 2.26. The zero-order chi connectivity index (χ0) is 17.0. The molecule has 0 fully saturated rings. The largest absolute Gasteiger partial charge is 0.550 e. The van der Waals surface area contributed by atoms with Gasteiger partial charge in [0.05, 0.1) is 21.7 Å². The summed E-state index contributed by atoms with van der Waals surface area (Å²) in [6.07, 6.45) is -0.393. The number of carbonyl (C=O) groups is 2. The van der Waals surface area contributed by atoms with Gasteiger partial charge < -0.3 is 15.2 Å². The molecule has 0 bridgehead atoms. The van der Waals surface area contributed by atoms with E-state index in [-0.39, 0.29) is 15.6 Å². The molecule has 0 radical (unpaired) electrons. The molecule has 23 heavy (non-hydrogen) atoms. The van der Waals surface area contributed by atoms with Gasteiger partial charge in [-0.1, -0.05) is 53.0 Å². The van der Waals surface area contributed by atoms with Gasteiger partial charge in [0.2, 0.25) is 0 Å². The summed E-state index contributed by atoms with van der Waals surface area (Å²) in [5, 5.41) is 14.4. The average Bonchev–Trinajstić information content (AvgIpc) is 2.46. The summed E-state index contributed by atoms with van der Waals surface area (Å²) >= 11 is 17.8. The van der Waals surface area contributed by atoms with Gasteiger partial charge in [-0.25, -0.2) is 0 Å². The first-order valence-electron chi connectivity index (χ1n) is 6.58. The van der Waals surface area contributed by atoms with E-state index in [1.54, 1.807) is 30.3 Å².